The van der Waals surface area contributed by atoms with Crippen molar-refractivity contribution in [2.45, 2.75) is 38.6 Å². The molecule has 0 radical (unpaired) electrons. The van der Waals surface area contributed by atoms with Gasteiger partial charge in [-0.2, -0.15) is 0 Å². The molecule has 0 spiro atoms. The summed E-state index contributed by atoms with van der Waals surface area (Å²) in [5.74, 6) is 0.212. The Kier molecular flexibility index (Phi) is 5.16. The van der Waals surface area contributed by atoms with Crippen LogP contribution in [0, 0.1) is 0 Å². The lowest BCUT2D eigenvalue weighted by atomic mass is 10.0. The van der Waals surface area contributed by atoms with Crippen LogP contribution in [-0.2, 0) is 4.79 Å². The molecule has 0 unspecified atom stereocenters. The first-order chi connectivity index (χ1) is 9.70. The number of likely N-dealkylation sites (tertiary alicyclic amines) is 1. The second-order valence-electron chi connectivity index (χ2n) is 5.25. The van der Waals surface area contributed by atoms with E-state index >= 15 is 0 Å². The smallest absolute Gasteiger partial charge is 0.253 e. The van der Waals surface area contributed by atoms with Gasteiger partial charge in [0.1, 0.15) is 0 Å². The van der Waals surface area contributed by atoms with Crippen LogP contribution in [0.2, 0.25) is 0 Å². The molecule has 2 rings (SSSR count). The Morgan fingerprint density at radius 2 is 1.85 bits per heavy atom. The zero-order valence-electron chi connectivity index (χ0n) is 12.0. The average molecular weight is 274 g/mol. The molecule has 20 heavy (non-hydrogen) atoms. The van der Waals surface area contributed by atoms with Gasteiger partial charge in [0.15, 0.2) is 0 Å². The van der Waals surface area contributed by atoms with E-state index in [2.05, 4.69) is 5.32 Å². The predicted octanol–water partition coefficient (Wildman–Crippen LogP) is 2.21. The highest BCUT2D eigenvalue weighted by molar-refractivity contribution is 5.94. The van der Waals surface area contributed by atoms with Gasteiger partial charge in [-0.3, -0.25) is 9.59 Å². The summed E-state index contributed by atoms with van der Waals surface area (Å²) < 4.78 is 0. The molecular formula is C16H22N2O2. The maximum absolute atomic E-state index is 12.3. The number of rotatable bonds is 4. The molecule has 108 valence electrons. The van der Waals surface area contributed by atoms with Crippen LogP contribution in [0.4, 0.5) is 0 Å². The monoisotopic (exact) mass is 274 g/mol. The number of nitrogens with zero attached hydrogens (tertiary/aromatic N) is 1. The van der Waals surface area contributed by atoms with Gasteiger partial charge in [0.25, 0.3) is 5.91 Å². The Hall–Kier alpha value is -1.84. The summed E-state index contributed by atoms with van der Waals surface area (Å²) >= 11 is 0. The lowest BCUT2D eigenvalue weighted by Gasteiger charge is -2.32. The molecular weight excluding hydrogens is 252 g/mol. The molecule has 1 fully saturated rings. The summed E-state index contributed by atoms with van der Waals surface area (Å²) in [4.78, 5) is 25.7. The van der Waals surface area contributed by atoms with Gasteiger partial charge in [-0.05, 0) is 31.4 Å². The Labute approximate surface area is 120 Å². The minimum Gasteiger partial charge on any atom is -0.353 e. The highest BCUT2D eigenvalue weighted by Crippen LogP contribution is 2.14. The van der Waals surface area contributed by atoms with Crippen LogP contribution >= 0.6 is 0 Å². The number of carbonyl (C=O) groups is 2. The molecule has 0 atom stereocenters. The molecule has 0 saturated carbocycles. The van der Waals surface area contributed by atoms with Crippen LogP contribution in [0.15, 0.2) is 30.3 Å². The summed E-state index contributed by atoms with van der Waals surface area (Å²) in [6, 6.07) is 9.57. The van der Waals surface area contributed by atoms with Crippen molar-refractivity contribution in [2.75, 3.05) is 13.1 Å². The van der Waals surface area contributed by atoms with Gasteiger partial charge < -0.3 is 10.2 Å². The molecule has 1 heterocycles. The third kappa shape index (κ3) is 3.83. The van der Waals surface area contributed by atoms with Crippen LogP contribution in [0.1, 0.15) is 43.0 Å². The van der Waals surface area contributed by atoms with Crippen molar-refractivity contribution in [3.8, 4) is 0 Å². The van der Waals surface area contributed by atoms with Crippen molar-refractivity contribution < 1.29 is 9.59 Å². The van der Waals surface area contributed by atoms with Gasteiger partial charge >= 0.3 is 0 Å². The summed E-state index contributed by atoms with van der Waals surface area (Å²) in [6.07, 6.45) is 3.14. The normalized spacial score (nSPS) is 15.9. The number of piperidine rings is 1. The SMILES string of the molecule is CCCC(=O)NC1CCN(C(=O)c2ccccc2)CC1. The molecule has 4 heteroatoms. The first-order valence-corrected chi connectivity index (χ1v) is 7.34. The van der Waals surface area contributed by atoms with Gasteiger partial charge in [0, 0.05) is 31.1 Å². The van der Waals surface area contributed by atoms with Crippen molar-refractivity contribution >= 4 is 11.8 Å². The Balaban J connectivity index is 1.82. The molecule has 1 saturated heterocycles. The van der Waals surface area contributed by atoms with Crippen molar-refractivity contribution in [1.82, 2.24) is 10.2 Å². The summed E-state index contributed by atoms with van der Waals surface area (Å²) in [6.45, 7) is 3.43. The first-order valence-electron chi connectivity index (χ1n) is 7.34. The number of hydrogen-bond donors (Lipinski definition) is 1. The fourth-order valence-electron chi connectivity index (χ4n) is 2.52. The quantitative estimate of drug-likeness (QED) is 0.915. The third-order valence-electron chi connectivity index (χ3n) is 3.65. The molecule has 0 bridgehead atoms. The van der Waals surface area contributed by atoms with Crippen molar-refractivity contribution in [3.05, 3.63) is 35.9 Å². The third-order valence-corrected chi connectivity index (χ3v) is 3.65. The van der Waals surface area contributed by atoms with E-state index in [1.54, 1.807) is 0 Å². The fourth-order valence-corrected chi connectivity index (χ4v) is 2.52. The minimum absolute atomic E-state index is 0.0870. The van der Waals surface area contributed by atoms with Gasteiger partial charge in [-0.15, -0.1) is 0 Å². The lowest BCUT2D eigenvalue weighted by Crippen LogP contribution is -2.46. The molecule has 1 aromatic carbocycles. The van der Waals surface area contributed by atoms with E-state index in [-0.39, 0.29) is 17.9 Å². The Bertz CT molecular complexity index is 451. The minimum atomic E-state index is 0.0870. The topological polar surface area (TPSA) is 49.4 Å². The van der Waals surface area contributed by atoms with Gasteiger partial charge in [-0.1, -0.05) is 25.1 Å². The maximum atomic E-state index is 12.3. The molecule has 0 aromatic heterocycles. The fraction of sp³-hybridized carbons (Fsp3) is 0.500. The largest absolute Gasteiger partial charge is 0.353 e. The molecule has 1 aromatic rings. The van der Waals surface area contributed by atoms with E-state index in [1.807, 2.05) is 42.2 Å². The van der Waals surface area contributed by atoms with E-state index in [9.17, 15) is 9.59 Å². The average Bonchev–Trinajstić information content (AvgIpc) is 2.48. The molecule has 1 aliphatic rings. The van der Waals surface area contributed by atoms with E-state index in [1.165, 1.54) is 0 Å². The zero-order valence-corrected chi connectivity index (χ0v) is 12.0. The number of benzene rings is 1. The molecule has 1 N–H and O–H groups in total. The molecule has 1 aliphatic heterocycles. The molecule has 0 aliphatic carbocycles. The van der Waals surface area contributed by atoms with Gasteiger partial charge in [0.05, 0.1) is 0 Å². The van der Waals surface area contributed by atoms with Crippen molar-refractivity contribution in [3.63, 3.8) is 0 Å². The molecule has 2 amide bonds. The standard InChI is InChI=1S/C16H22N2O2/c1-2-6-15(19)17-14-9-11-18(12-10-14)16(20)13-7-4-3-5-8-13/h3-5,7-8,14H,2,6,9-12H2,1H3,(H,17,19). The van der Waals surface area contributed by atoms with E-state index in [4.69, 9.17) is 0 Å². The lowest BCUT2D eigenvalue weighted by molar-refractivity contribution is -0.122. The first kappa shape index (κ1) is 14.6. The highest BCUT2D eigenvalue weighted by Gasteiger charge is 2.24. The van der Waals surface area contributed by atoms with Crippen LogP contribution < -0.4 is 5.32 Å². The molecule has 4 nitrogen and oxygen atoms in total. The Morgan fingerprint density at radius 3 is 2.45 bits per heavy atom. The number of amides is 2. The second-order valence-corrected chi connectivity index (χ2v) is 5.25. The van der Waals surface area contributed by atoms with Crippen molar-refractivity contribution in [2.24, 2.45) is 0 Å². The summed E-state index contributed by atoms with van der Waals surface area (Å²) in [5.41, 5.74) is 0.737. The number of hydrogen-bond acceptors (Lipinski definition) is 2. The van der Waals surface area contributed by atoms with Gasteiger partial charge in [-0.25, -0.2) is 0 Å². The maximum Gasteiger partial charge on any atom is 0.253 e. The number of nitrogens with one attached hydrogen (secondary N) is 1. The van der Waals surface area contributed by atoms with Crippen LogP contribution in [0.25, 0.3) is 0 Å². The van der Waals surface area contributed by atoms with E-state index in [0.717, 1.165) is 24.8 Å². The summed E-state index contributed by atoms with van der Waals surface area (Å²) in [7, 11) is 0. The van der Waals surface area contributed by atoms with Crippen LogP contribution in [0.3, 0.4) is 0 Å². The summed E-state index contributed by atoms with van der Waals surface area (Å²) in [5, 5.41) is 3.04. The highest BCUT2D eigenvalue weighted by atomic mass is 16.2. The van der Waals surface area contributed by atoms with Crippen LogP contribution in [-0.4, -0.2) is 35.8 Å². The van der Waals surface area contributed by atoms with Crippen LogP contribution in [0.5, 0.6) is 0 Å². The second kappa shape index (κ2) is 7.08. The zero-order chi connectivity index (χ0) is 14.4. The van der Waals surface area contributed by atoms with Crippen molar-refractivity contribution in [1.29, 1.82) is 0 Å². The number of carbonyl (C=O) groups excluding carboxylic acids is 2. The predicted molar refractivity (Wildman–Crippen MR) is 78.4 cm³/mol. The van der Waals surface area contributed by atoms with E-state index < -0.39 is 0 Å². The van der Waals surface area contributed by atoms with E-state index in [0.29, 0.717) is 19.5 Å². The van der Waals surface area contributed by atoms with Gasteiger partial charge in [0.2, 0.25) is 5.91 Å². The Morgan fingerprint density at radius 1 is 1.20 bits per heavy atom.